The van der Waals surface area contributed by atoms with Crippen LogP contribution in [0, 0.1) is 5.92 Å². The van der Waals surface area contributed by atoms with Crippen LogP contribution in [0.2, 0.25) is 0 Å². The van der Waals surface area contributed by atoms with Crippen molar-refractivity contribution in [2.24, 2.45) is 5.92 Å². The van der Waals surface area contributed by atoms with Gasteiger partial charge in [-0.3, -0.25) is 9.59 Å². The lowest BCUT2D eigenvalue weighted by Crippen LogP contribution is -2.39. The molecule has 0 aromatic carbocycles. The van der Waals surface area contributed by atoms with Crippen LogP contribution >= 0.6 is 0 Å². The highest BCUT2D eigenvalue weighted by atomic mass is 16.2. The molecular formula is C8H14NO2. The minimum Gasteiger partial charge on any atom is -0.346 e. The van der Waals surface area contributed by atoms with Gasteiger partial charge in [0.25, 0.3) is 0 Å². The molecule has 0 saturated carbocycles. The minimum atomic E-state index is -0.447. The topological polar surface area (TPSA) is 46.2 Å². The van der Waals surface area contributed by atoms with E-state index in [0.717, 1.165) is 6.42 Å². The van der Waals surface area contributed by atoms with Crippen LogP contribution in [-0.4, -0.2) is 18.2 Å². The Kier molecular flexibility index (Phi) is 4.50. The van der Waals surface area contributed by atoms with Gasteiger partial charge in [0.15, 0.2) is 0 Å². The van der Waals surface area contributed by atoms with Crippen molar-refractivity contribution >= 4 is 12.2 Å². The lowest BCUT2D eigenvalue weighted by Gasteiger charge is -2.16. The van der Waals surface area contributed by atoms with Crippen molar-refractivity contribution in [1.82, 2.24) is 5.32 Å². The monoisotopic (exact) mass is 156 g/mol. The molecule has 63 valence electrons. The average Bonchev–Trinajstić information content (AvgIpc) is 1.98. The molecule has 0 aliphatic heterocycles. The van der Waals surface area contributed by atoms with Crippen molar-refractivity contribution in [3.63, 3.8) is 0 Å². The first-order chi connectivity index (χ1) is 5.11. The summed E-state index contributed by atoms with van der Waals surface area (Å²) in [5.74, 6) is -0.0185. The highest BCUT2D eigenvalue weighted by Crippen LogP contribution is 2.04. The number of carbonyl (C=O) groups is 1. The number of hydrogen-bond acceptors (Lipinski definition) is 2. The van der Waals surface area contributed by atoms with Gasteiger partial charge in [-0.1, -0.05) is 20.3 Å². The summed E-state index contributed by atoms with van der Waals surface area (Å²) in [7, 11) is 0. The van der Waals surface area contributed by atoms with Gasteiger partial charge in [0.2, 0.25) is 12.2 Å². The summed E-state index contributed by atoms with van der Waals surface area (Å²) in [4.78, 5) is 20.8. The van der Waals surface area contributed by atoms with Gasteiger partial charge in [0.1, 0.15) is 0 Å². The molecule has 0 aromatic rings. The van der Waals surface area contributed by atoms with Gasteiger partial charge in [-0.2, -0.15) is 0 Å². The van der Waals surface area contributed by atoms with E-state index in [4.69, 9.17) is 0 Å². The first kappa shape index (κ1) is 10.1. The maximum atomic E-state index is 10.5. The Bertz CT molecular complexity index is 145. The predicted molar refractivity (Wildman–Crippen MR) is 42.8 cm³/mol. The van der Waals surface area contributed by atoms with Gasteiger partial charge >= 0.3 is 0 Å². The lowest BCUT2D eigenvalue weighted by atomic mass is 10.0. The van der Waals surface area contributed by atoms with E-state index in [1.165, 1.54) is 6.92 Å². The summed E-state index contributed by atoms with van der Waals surface area (Å²) in [5, 5.41) is 2.52. The Morgan fingerprint density at radius 2 is 2.18 bits per heavy atom. The van der Waals surface area contributed by atoms with Crippen LogP contribution in [0.5, 0.6) is 0 Å². The zero-order chi connectivity index (χ0) is 8.85. The molecule has 0 aromatic heterocycles. The Morgan fingerprint density at radius 1 is 1.64 bits per heavy atom. The van der Waals surface area contributed by atoms with Crippen LogP contribution in [0.4, 0.5) is 0 Å². The maximum Gasteiger partial charge on any atom is 0.223 e. The first-order valence-corrected chi connectivity index (χ1v) is 3.76. The van der Waals surface area contributed by atoms with E-state index < -0.39 is 6.04 Å². The second kappa shape index (κ2) is 4.88. The third-order valence-electron chi connectivity index (χ3n) is 1.70. The molecule has 1 radical (unpaired) electrons. The van der Waals surface area contributed by atoms with Crippen molar-refractivity contribution in [2.75, 3.05) is 0 Å². The van der Waals surface area contributed by atoms with Gasteiger partial charge in [-0.25, -0.2) is 0 Å². The molecule has 2 atom stereocenters. The Morgan fingerprint density at radius 3 is 2.45 bits per heavy atom. The van der Waals surface area contributed by atoms with Gasteiger partial charge in [-0.15, -0.1) is 0 Å². The minimum absolute atomic E-state index is 0.163. The zero-order valence-corrected chi connectivity index (χ0v) is 7.18. The fraction of sp³-hybridized carbons (Fsp3) is 0.750. The summed E-state index contributed by atoms with van der Waals surface area (Å²) < 4.78 is 0. The molecule has 11 heavy (non-hydrogen) atoms. The predicted octanol–water partition coefficient (Wildman–Crippen LogP) is 0.647. The smallest absolute Gasteiger partial charge is 0.223 e. The largest absolute Gasteiger partial charge is 0.346 e. The SMILES string of the molecule is CC[C@H](C)[C@@H]([C]=O)NC(C)=O. The molecule has 0 spiro atoms. The molecule has 3 heteroatoms. The maximum absolute atomic E-state index is 10.5. The molecule has 3 nitrogen and oxygen atoms in total. The quantitative estimate of drug-likeness (QED) is 0.649. The molecule has 0 aliphatic carbocycles. The van der Waals surface area contributed by atoms with E-state index in [9.17, 15) is 9.59 Å². The van der Waals surface area contributed by atoms with Gasteiger partial charge in [-0.05, 0) is 5.92 Å². The Hall–Kier alpha value is -0.860. The third-order valence-corrected chi connectivity index (χ3v) is 1.70. The normalized spacial score (nSPS) is 15.2. The first-order valence-electron chi connectivity index (χ1n) is 3.76. The van der Waals surface area contributed by atoms with Crippen molar-refractivity contribution in [3.8, 4) is 0 Å². The molecule has 0 rings (SSSR count). The molecule has 1 amide bonds. The van der Waals surface area contributed by atoms with Crippen molar-refractivity contribution in [2.45, 2.75) is 33.2 Å². The zero-order valence-electron chi connectivity index (χ0n) is 7.18. The Labute approximate surface area is 67.2 Å². The summed E-state index contributed by atoms with van der Waals surface area (Å²) >= 11 is 0. The van der Waals surface area contributed by atoms with Gasteiger partial charge in [0, 0.05) is 6.92 Å². The van der Waals surface area contributed by atoms with Gasteiger partial charge in [0.05, 0.1) is 6.04 Å². The Balaban J connectivity index is 3.94. The highest BCUT2D eigenvalue weighted by molar-refractivity contribution is 5.77. The summed E-state index contributed by atoms with van der Waals surface area (Å²) in [6.07, 6.45) is 2.66. The van der Waals surface area contributed by atoms with E-state index in [1.54, 1.807) is 6.29 Å². The summed E-state index contributed by atoms with van der Waals surface area (Å²) in [5.41, 5.74) is 0. The van der Waals surface area contributed by atoms with Crippen molar-refractivity contribution in [3.05, 3.63) is 0 Å². The van der Waals surface area contributed by atoms with Crippen LogP contribution in [0.3, 0.4) is 0 Å². The van der Waals surface area contributed by atoms with Crippen LogP contribution in [0.15, 0.2) is 0 Å². The van der Waals surface area contributed by atoms with Crippen LogP contribution < -0.4 is 5.32 Å². The van der Waals surface area contributed by atoms with Crippen LogP contribution in [0.1, 0.15) is 27.2 Å². The van der Waals surface area contributed by atoms with Crippen molar-refractivity contribution in [1.29, 1.82) is 0 Å². The molecule has 0 heterocycles. The van der Waals surface area contributed by atoms with E-state index >= 15 is 0 Å². The number of hydrogen-bond donors (Lipinski definition) is 1. The summed E-state index contributed by atoms with van der Waals surface area (Å²) in [6.45, 7) is 5.27. The molecule has 0 saturated heterocycles. The number of rotatable bonds is 4. The highest BCUT2D eigenvalue weighted by Gasteiger charge is 2.15. The van der Waals surface area contributed by atoms with Crippen LogP contribution in [-0.2, 0) is 9.59 Å². The number of amides is 1. The van der Waals surface area contributed by atoms with Crippen LogP contribution in [0.25, 0.3) is 0 Å². The average molecular weight is 156 g/mol. The fourth-order valence-corrected chi connectivity index (χ4v) is 0.743. The third kappa shape index (κ3) is 3.75. The standard InChI is InChI=1S/C8H14NO2/c1-4-6(2)8(5-10)9-7(3)11/h6,8H,4H2,1-3H3,(H,9,11)/t6-,8+/m0/s1. The second-order valence-corrected chi connectivity index (χ2v) is 2.68. The van der Waals surface area contributed by atoms with E-state index in [0.29, 0.717) is 0 Å². The lowest BCUT2D eigenvalue weighted by molar-refractivity contribution is -0.119. The second-order valence-electron chi connectivity index (χ2n) is 2.68. The molecule has 0 aliphatic rings. The van der Waals surface area contributed by atoms with Crippen molar-refractivity contribution < 1.29 is 9.59 Å². The van der Waals surface area contributed by atoms with E-state index in [1.807, 2.05) is 13.8 Å². The number of nitrogens with one attached hydrogen (secondary N) is 1. The molecule has 1 N–H and O–H groups in total. The van der Waals surface area contributed by atoms with E-state index in [-0.39, 0.29) is 11.8 Å². The molecule has 0 fully saturated rings. The van der Waals surface area contributed by atoms with Gasteiger partial charge < -0.3 is 5.32 Å². The summed E-state index contributed by atoms with van der Waals surface area (Å²) in [6, 6.07) is -0.447. The van der Waals surface area contributed by atoms with E-state index in [2.05, 4.69) is 5.32 Å². The molecular weight excluding hydrogens is 142 g/mol. The number of carbonyl (C=O) groups excluding carboxylic acids is 2. The molecule has 0 bridgehead atoms. The fourth-order valence-electron chi connectivity index (χ4n) is 0.743. The molecule has 0 unspecified atom stereocenters.